The average Bonchev–Trinajstić information content (AvgIpc) is 3.21. The zero-order chi connectivity index (χ0) is 18.1. The van der Waals surface area contributed by atoms with Crippen molar-refractivity contribution in [2.24, 2.45) is 5.92 Å². The Morgan fingerprint density at radius 3 is 2.65 bits per heavy atom. The lowest BCUT2D eigenvalue weighted by atomic mass is 9.87. The molecule has 1 amide bonds. The Hall–Kier alpha value is -1.78. The van der Waals surface area contributed by atoms with E-state index in [-0.39, 0.29) is 5.91 Å². The highest BCUT2D eigenvalue weighted by Crippen LogP contribution is 2.28. The lowest BCUT2D eigenvalue weighted by Gasteiger charge is -2.27. The molecule has 2 aromatic heterocycles. The van der Waals surface area contributed by atoms with Crippen LogP contribution in [0.15, 0.2) is 41.8 Å². The van der Waals surface area contributed by atoms with Gasteiger partial charge in [-0.3, -0.25) is 4.79 Å². The average molecular weight is 387 g/mol. The normalized spacial score (nSPS) is 20.4. The van der Waals surface area contributed by atoms with E-state index in [4.69, 9.17) is 11.6 Å². The van der Waals surface area contributed by atoms with Gasteiger partial charge in [0.25, 0.3) is 5.91 Å². The number of hydrogen-bond acceptors (Lipinski definition) is 2. The molecule has 1 aliphatic carbocycles. The predicted octanol–water partition coefficient (Wildman–Crippen LogP) is 5.71. The lowest BCUT2D eigenvalue weighted by Crippen LogP contribution is -2.38. The van der Waals surface area contributed by atoms with Gasteiger partial charge in [-0.2, -0.15) is 0 Å². The molecule has 0 unspecified atom stereocenters. The van der Waals surface area contributed by atoms with Gasteiger partial charge in [-0.1, -0.05) is 30.7 Å². The molecule has 1 aromatic carbocycles. The minimum absolute atomic E-state index is 0.0434. The molecule has 1 N–H and O–H groups in total. The third-order valence-corrected chi connectivity index (χ3v) is 6.47. The Morgan fingerprint density at radius 1 is 1.19 bits per heavy atom. The zero-order valence-corrected chi connectivity index (χ0v) is 16.4. The number of hydrogen-bond donors (Lipinski definition) is 1. The van der Waals surface area contributed by atoms with E-state index in [1.807, 2.05) is 30.3 Å². The SMILES string of the molecule is CC1CCC(NC(=O)c2cc3sccc3n2Cc2ccc(Cl)cc2)CC1. The summed E-state index contributed by atoms with van der Waals surface area (Å²) in [5.41, 5.74) is 3.01. The second kappa shape index (κ2) is 7.45. The minimum Gasteiger partial charge on any atom is -0.348 e. The molecule has 4 rings (SSSR count). The van der Waals surface area contributed by atoms with Gasteiger partial charge in [-0.25, -0.2) is 0 Å². The quantitative estimate of drug-likeness (QED) is 0.611. The van der Waals surface area contributed by atoms with E-state index in [2.05, 4.69) is 28.3 Å². The van der Waals surface area contributed by atoms with Gasteiger partial charge < -0.3 is 9.88 Å². The molecular weight excluding hydrogens is 364 g/mol. The number of nitrogens with one attached hydrogen (secondary N) is 1. The number of carbonyl (C=O) groups is 1. The molecule has 1 fully saturated rings. The van der Waals surface area contributed by atoms with Crippen LogP contribution in [0.25, 0.3) is 10.2 Å². The molecule has 136 valence electrons. The summed E-state index contributed by atoms with van der Waals surface area (Å²) in [7, 11) is 0. The highest BCUT2D eigenvalue weighted by atomic mass is 35.5. The highest BCUT2D eigenvalue weighted by Gasteiger charge is 2.23. The molecule has 0 bridgehead atoms. The van der Waals surface area contributed by atoms with Crippen molar-refractivity contribution in [1.29, 1.82) is 0 Å². The molecule has 0 atom stereocenters. The van der Waals surface area contributed by atoms with Gasteiger partial charge in [0.2, 0.25) is 0 Å². The zero-order valence-electron chi connectivity index (χ0n) is 14.9. The highest BCUT2D eigenvalue weighted by molar-refractivity contribution is 7.17. The van der Waals surface area contributed by atoms with Gasteiger partial charge in [0.15, 0.2) is 0 Å². The van der Waals surface area contributed by atoms with Crippen LogP contribution in [0.1, 0.15) is 48.7 Å². The van der Waals surface area contributed by atoms with Crippen molar-refractivity contribution in [3.63, 3.8) is 0 Å². The first-order chi connectivity index (χ1) is 12.6. The van der Waals surface area contributed by atoms with Crippen LogP contribution < -0.4 is 5.32 Å². The number of benzene rings is 1. The van der Waals surface area contributed by atoms with Crippen LogP contribution in [0.3, 0.4) is 0 Å². The summed E-state index contributed by atoms with van der Waals surface area (Å²) in [6.45, 7) is 2.96. The molecule has 3 nitrogen and oxygen atoms in total. The summed E-state index contributed by atoms with van der Waals surface area (Å²) in [5.74, 6) is 0.823. The van der Waals surface area contributed by atoms with Gasteiger partial charge >= 0.3 is 0 Å². The minimum atomic E-state index is 0.0434. The van der Waals surface area contributed by atoms with Crippen LogP contribution >= 0.6 is 22.9 Å². The van der Waals surface area contributed by atoms with Gasteiger partial charge in [0.1, 0.15) is 5.69 Å². The van der Waals surface area contributed by atoms with Crippen LogP contribution in [0.2, 0.25) is 5.02 Å². The first-order valence-corrected chi connectivity index (χ1v) is 10.5. The van der Waals surface area contributed by atoms with Crippen molar-refractivity contribution in [3.8, 4) is 0 Å². The predicted molar refractivity (Wildman–Crippen MR) is 109 cm³/mol. The molecule has 0 saturated heterocycles. The van der Waals surface area contributed by atoms with E-state index in [1.54, 1.807) is 11.3 Å². The fourth-order valence-corrected chi connectivity index (χ4v) is 4.72. The smallest absolute Gasteiger partial charge is 0.268 e. The summed E-state index contributed by atoms with van der Waals surface area (Å²) in [6, 6.07) is 12.2. The van der Waals surface area contributed by atoms with Crippen LogP contribution in [-0.4, -0.2) is 16.5 Å². The molecule has 2 heterocycles. The Balaban J connectivity index is 1.59. The molecular formula is C21H23ClN2OS. The topological polar surface area (TPSA) is 34.0 Å². The van der Waals surface area contributed by atoms with Gasteiger partial charge in [-0.15, -0.1) is 11.3 Å². The largest absolute Gasteiger partial charge is 0.348 e. The van der Waals surface area contributed by atoms with Crippen LogP contribution in [0, 0.1) is 5.92 Å². The maximum absolute atomic E-state index is 13.0. The fraction of sp³-hybridized carbons (Fsp3) is 0.381. The maximum Gasteiger partial charge on any atom is 0.268 e. The van der Waals surface area contributed by atoms with Crippen molar-refractivity contribution in [3.05, 3.63) is 58.1 Å². The Kier molecular flexibility index (Phi) is 5.05. The number of halogens is 1. The Morgan fingerprint density at radius 2 is 1.92 bits per heavy atom. The second-order valence-corrected chi connectivity index (χ2v) is 8.73. The molecule has 1 aliphatic rings. The standard InChI is InChI=1S/C21H23ClN2OS/c1-14-2-8-17(9-3-14)23-21(25)19-12-20-18(10-11-26-20)24(19)13-15-4-6-16(22)7-5-15/h4-7,10-12,14,17H,2-3,8-9,13H2,1H3,(H,23,25). The van der Waals surface area contributed by atoms with Crippen molar-refractivity contribution in [2.45, 2.75) is 45.2 Å². The molecule has 0 aliphatic heterocycles. The number of rotatable bonds is 4. The maximum atomic E-state index is 13.0. The summed E-state index contributed by atoms with van der Waals surface area (Å²) < 4.78 is 3.27. The molecule has 3 aromatic rings. The summed E-state index contributed by atoms with van der Waals surface area (Å²) in [5, 5.41) is 6.07. The van der Waals surface area contributed by atoms with E-state index < -0.39 is 0 Å². The van der Waals surface area contributed by atoms with Crippen molar-refractivity contribution in [1.82, 2.24) is 9.88 Å². The number of amides is 1. The van der Waals surface area contributed by atoms with Gasteiger partial charge in [0.05, 0.1) is 10.2 Å². The number of fused-ring (bicyclic) bond motifs is 1. The molecule has 1 saturated carbocycles. The molecule has 0 spiro atoms. The van der Waals surface area contributed by atoms with Crippen molar-refractivity contribution in [2.75, 3.05) is 0 Å². The van der Waals surface area contributed by atoms with Crippen LogP contribution in [0.4, 0.5) is 0 Å². The third-order valence-electron chi connectivity index (χ3n) is 5.36. The van der Waals surface area contributed by atoms with E-state index in [1.165, 1.54) is 12.8 Å². The fourth-order valence-electron chi connectivity index (χ4n) is 3.77. The van der Waals surface area contributed by atoms with Crippen molar-refractivity contribution >= 4 is 39.1 Å². The Bertz CT molecular complexity index is 904. The molecule has 26 heavy (non-hydrogen) atoms. The van der Waals surface area contributed by atoms with E-state index in [0.29, 0.717) is 12.6 Å². The van der Waals surface area contributed by atoms with Gasteiger partial charge in [-0.05, 0) is 66.8 Å². The molecule has 0 radical (unpaired) electrons. The molecule has 5 heteroatoms. The van der Waals surface area contributed by atoms with Crippen molar-refractivity contribution < 1.29 is 4.79 Å². The lowest BCUT2D eigenvalue weighted by molar-refractivity contribution is 0.0914. The van der Waals surface area contributed by atoms with E-state index in [0.717, 1.165) is 45.3 Å². The summed E-state index contributed by atoms with van der Waals surface area (Å²) >= 11 is 7.68. The van der Waals surface area contributed by atoms with Crippen LogP contribution in [0.5, 0.6) is 0 Å². The van der Waals surface area contributed by atoms with E-state index >= 15 is 0 Å². The third kappa shape index (κ3) is 3.67. The van der Waals surface area contributed by atoms with E-state index in [9.17, 15) is 4.79 Å². The second-order valence-electron chi connectivity index (χ2n) is 7.34. The number of aromatic nitrogens is 1. The summed E-state index contributed by atoms with van der Waals surface area (Å²) in [4.78, 5) is 13.0. The first kappa shape index (κ1) is 17.6. The summed E-state index contributed by atoms with van der Waals surface area (Å²) in [6.07, 6.45) is 4.57. The number of carbonyl (C=O) groups excluding carboxylic acids is 1. The van der Waals surface area contributed by atoms with Crippen LogP contribution in [-0.2, 0) is 6.54 Å². The number of nitrogens with zero attached hydrogens (tertiary/aromatic N) is 1. The Labute approximate surface area is 163 Å². The monoisotopic (exact) mass is 386 g/mol. The first-order valence-electron chi connectivity index (χ1n) is 9.22. The number of thiophene rings is 1. The van der Waals surface area contributed by atoms with Gasteiger partial charge in [0, 0.05) is 17.6 Å².